The fourth-order valence-corrected chi connectivity index (χ4v) is 4.74. The van der Waals surface area contributed by atoms with Gasteiger partial charge >= 0.3 is 6.18 Å². The van der Waals surface area contributed by atoms with Gasteiger partial charge in [-0.1, -0.05) is 6.07 Å². The van der Waals surface area contributed by atoms with Gasteiger partial charge in [-0.05, 0) is 57.7 Å². The number of nitrogens with one attached hydrogen (secondary N) is 1. The molecule has 15 heteroatoms. The molecule has 9 nitrogen and oxygen atoms in total. The predicted molar refractivity (Wildman–Crippen MR) is 137 cm³/mol. The standard InChI is InChI=1S/C24H12BrF4N5O4S/c25-20-21(32-33-19(24(27,28)29)11-17(31-22(20)33)18-2-1-7-39-18)23(35)30-13-8-14(34(36)37)10-16(9-13)38-15-5-3-12(26)4-6-15/h1-11H,(H,30,35). The number of nitro groups is 1. The molecular formula is C24H12BrF4N5O4S. The summed E-state index contributed by atoms with van der Waals surface area (Å²) < 4.78 is 60.8. The summed E-state index contributed by atoms with van der Waals surface area (Å²) in [6, 6.07) is 12.3. The molecule has 3 aromatic heterocycles. The highest BCUT2D eigenvalue weighted by Crippen LogP contribution is 2.36. The van der Waals surface area contributed by atoms with Gasteiger partial charge in [-0.25, -0.2) is 13.9 Å². The first-order valence-electron chi connectivity index (χ1n) is 10.7. The van der Waals surface area contributed by atoms with Crippen molar-refractivity contribution >= 4 is 50.2 Å². The molecule has 0 radical (unpaired) electrons. The number of carbonyl (C=O) groups excluding carboxylic acids is 1. The van der Waals surface area contributed by atoms with Crippen LogP contribution in [-0.4, -0.2) is 25.4 Å². The van der Waals surface area contributed by atoms with Crippen molar-refractivity contribution in [3.05, 3.63) is 97.8 Å². The molecule has 3 heterocycles. The van der Waals surface area contributed by atoms with Gasteiger partial charge < -0.3 is 10.1 Å². The van der Waals surface area contributed by atoms with E-state index in [0.717, 1.165) is 30.3 Å². The van der Waals surface area contributed by atoms with Crippen LogP contribution in [0.2, 0.25) is 0 Å². The Morgan fingerprint density at radius 3 is 2.49 bits per heavy atom. The summed E-state index contributed by atoms with van der Waals surface area (Å²) in [5.41, 5.74) is -2.35. The molecule has 0 fully saturated rings. The largest absolute Gasteiger partial charge is 0.457 e. The number of rotatable bonds is 6. The normalized spacial score (nSPS) is 11.5. The smallest absolute Gasteiger partial charge is 0.433 e. The molecule has 0 aliphatic heterocycles. The van der Waals surface area contributed by atoms with Crippen molar-refractivity contribution in [2.45, 2.75) is 6.18 Å². The number of hydrogen-bond donors (Lipinski definition) is 1. The lowest BCUT2D eigenvalue weighted by Crippen LogP contribution is -2.16. The molecule has 0 aliphatic rings. The number of ether oxygens (including phenoxy) is 1. The van der Waals surface area contributed by atoms with E-state index >= 15 is 0 Å². The van der Waals surface area contributed by atoms with Gasteiger partial charge in [0.05, 0.1) is 31.7 Å². The molecule has 0 saturated heterocycles. The van der Waals surface area contributed by atoms with E-state index in [0.29, 0.717) is 9.39 Å². The van der Waals surface area contributed by atoms with Crippen LogP contribution in [-0.2, 0) is 6.18 Å². The molecule has 0 unspecified atom stereocenters. The van der Waals surface area contributed by atoms with Gasteiger partial charge in [-0.2, -0.15) is 18.3 Å². The van der Waals surface area contributed by atoms with Crippen molar-refractivity contribution in [1.29, 1.82) is 0 Å². The zero-order valence-electron chi connectivity index (χ0n) is 19.1. The third-order valence-electron chi connectivity index (χ3n) is 5.22. The summed E-state index contributed by atoms with van der Waals surface area (Å²) in [4.78, 5) is 28.5. The van der Waals surface area contributed by atoms with Crippen molar-refractivity contribution in [2.75, 3.05) is 5.32 Å². The number of aromatic nitrogens is 3. The highest BCUT2D eigenvalue weighted by molar-refractivity contribution is 9.10. The quantitative estimate of drug-likeness (QED) is 0.121. The number of benzene rings is 2. The Labute approximate surface area is 228 Å². The third-order valence-corrected chi connectivity index (χ3v) is 6.84. The van der Waals surface area contributed by atoms with Gasteiger partial charge in [0.15, 0.2) is 17.0 Å². The van der Waals surface area contributed by atoms with Crippen LogP contribution in [0.25, 0.3) is 16.2 Å². The van der Waals surface area contributed by atoms with Crippen LogP contribution >= 0.6 is 27.3 Å². The maximum atomic E-state index is 13.9. The Balaban J connectivity index is 1.52. The number of hydrogen-bond acceptors (Lipinski definition) is 7. The van der Waals surface area contributed by atoms with Crippen molar-refractivity contribution in [3.8, 4) is 22.1 Å². The van der Waals surface area contributed by atoms with Crippen LogP contribution in [0.5, 0.6) is 11.5 Å². The van der Waals surface area contributed by atoms with Crippen LogP contribution in [0.3, 0.4) is 0 Å². The van der Waals surface area contributed by atoms with E-state index in [4.69, 9.17) is 4.74 Å². The number of thiophene rings is 1. The monoisotopic (exact) mass is 621 g/mol. The molecule has 39 heavy (non-hydrogen) atoms. The predicted octanol–water partition coefficient (Wildman–Crippen LogP) is 7.33. The number of non-ortho nitro benzene ring substituents is 1. The molecule has 0 saturated carbocycles. The van der Waals surface area contributed by atoms with E-state index < -0.39 is 39.9 Å². The Morgan fingerprint density at radius 2 is 1.85 bits per heavy atom. The first-order valence-corrected chi connectivity index (χ1v) is 12.4. The minimum Gasteiger partial charge on any atom is -0.457 e. The summed E-state index contributed by atoms with van der Waals surface area (Å²) in [7, 11) is 0. The van der Waals surface area contributed by atoms with E-state index in [1.165, 1.54) is 29.5 Å². The molecule has 0 atom stereocenters. The lowest BCUT2D eigenvalue weighted by Gasteiger charge is -2.10. The van der Waals surface area contributed by atoms with Crippen molar-refractivity contribution in [1.82, 2.24) is 14.6 Å². The van der Waals surface area contributed by atoms with Crippen molar-refractivity contribution < 1.29 is 32.0 Å². The summed E-state index contributed by atoms with van der Waals surface area (Å²) in [5.74, 6) is -1.36. The molecule has 5 rings (SSSR count). The fourth-order valence-electron chi connectivity index (χ4n) is 3.54. The molecule has 198 valence electrons. The summed E-state index contributed by atoms with van der Waals surface area (Å²) in [6.07, 6.45) is -4.82. The number of amides is 1. The molecule has 1 amide bonds. The molecule has 1 N–H and O–H groups in total. The Bertz CT molecular complexity index is 1720. The number of halogens is 5. The van der Waals surface area contributed by atoms with Gasteiger partial charge in [0.2, 0.25) is 0 Å². The van der Waals surface area contributed by atoms with Crippen LogP contribution in [0.4, 0.5) is 28.9 Å². The number of alkyl halides is 3. The Morgan fingerprint density at radius 1 is 1.10 bits per heavy atom. The SMILES string of the molecule is O=C(Nc1cc(Oc2ccc(F)cc2)cc([N+](=O)[O-])c1)c1nn2c(C(F)(F)F)cc(-c3cccs3)nc2c1Br. The van der Waals surface area contributed by atoms with Crippen LogP contribution in [0, 0.1) is 15.9 Å². The maximum absolute atomic E-state index is 13.9. The van der Waals surface area contributed by atoms with E-state index in [-0.39, 0.29) is 33.0 Å². The molecule has 0 spiro atoms. The van der Waals surface area contributed by atoms with Crippen LogP contribution in [0.1, 0.15) is 16.2 Å². The summed E-state index contributed by atoms with van der Waals surface area (Å²) >= 11 is 4.32. The van der Waals surface area contributed by atoms with E-state index in [2.05, 4.69) is 31.3 Å². The molecule has 2 aromatic carbocycles. The van der Waals surface area contributed by atoms with Gasteiger partial charge in [-0.15, -0.1) is 11.3 Å². The van der Waals surface area contributed by atoms with Gasteiger partial charge in [-0.3, -0.25) is 14.9 Å². The highest BCUT2D eigenvalue weighted by Gasteiger charge is 2.36. The number of carbonyl (C=O) groups is 1. The zero-order valence-corrected chi connectivity index (χ0v) is 21.5. The van der Waals surface area contributed by atoms with E-state index in [1.807, 2.05) is 0 Å². The minimum atomic E-state index is -4.82. The van der Waals surface area contributed by atoms with Gasteiger partial charge in [0.25, 0.3) is 11.6 Å². The maximum Gasteiger partial charge on any atom is 0.433 e. The zero-order chi connectivity index (χ0) is 27.9. The lowest BCUT2D eigenvalue weighted by molar-refractivity contribution is -0.384. The minimum absolute atomic E-state index is 0.0404. The second kappa shape index (κ2) is 10.1. The number of nitro benzene ring substituents is 1. The molecule has 5 aromatic rings. The second-order valence-electron chi connectivity index (χ2n) is 7.88. The number of nitrogens with zero attached hydrogens (tertiary/aromatic N) is 4. The van der Waals surface area contributed by atoms with E-state index in [9.17, 15) is 32.5 Å². The van der Waals surface area contributed by atoms with Gasteiger partial charge in [0.1, 0.15) is 17.3 Å². The fraction of sp³-hybridized carbons (Fsp3) is 0.0417. The first-order chi connectivity index (χ1) is 18.5. The molecular weight excluding hydrogens is 610 g/mol. The first kappa shape index (κ1) is 26.2. The molecule has 0 bridgehead atoms. The summed E-state index contributed by atoms with van der Waals surface area (Å²) in [6.45, 7) is 0. The van der Waals surface area contributed by atoms with Crippen molar-refractivity contribution in [2.24, 2.45) is 0 Å². The Kier molecular flexibility index (Phi) is 6.78. The Hall–Kier alpha value is -4.37. The summed E-state index contributed by atoms with van der Waals surface area (Å²) in [5, 5.41) is 19.4. The van der Waals surface area contributed by atoms with Crippen LogP contribution < -0.4 is 10.1 Å². The highest BCUT2D eigenvalue weighted by atomic mass is 79.9. The van der Waals surface area contributed by atoms with Crippen LogP contribution in [0.15, 0.2) is 70.5 Å². The number of fused-ring (bicyclic) bond motifs is 1. The topological polar surface area (TPSA) is 112 Å². The average molecular weight is 622 g/mol. The third kappa shape index (κ3) is 5.44. The second-order valence-corrected chi connectivity index (χ2v) is 9.62. The number of anilines is 1. The average Bonchev–Trinajstić information content (AvgIpc) is 3.53. The van der Waals surface area contributed by atoms with Crippen molar-refractivity contribution in [3.63, 3.8) is 0 Å². The lowest BCUT2D eigenvalue weighted by atomic mass is 10.2. The van der Waals surface area contributed by atoms with E-state index in [1.54, 1.807) is 17.5 Å². The van der Waals surface area contributed by atoms with Gasteiger partial charge in [0, 0.05) is 12.1 Å². The molecule has 0 aliphatic carbocycles.